The first-order chi connectivity index (χ1) is 14.4. The molecule has 0 aliphatic carbocycles. The molecular formula is C23H16F2N2O3. The van der Waals surface area contributed by atoms with Crippen molar-refractivity contribution in [2.45, 2.75) is 13.0 Å². The zero-order chi connectivity index (χ0) is 21.7. The average Bonchev–Trinajstić information content (AvgIpc) is 2.76. The van der Waals surface area contributed by atoms with Crippen LogP contribution in [0.1, 0.15) is 22.8 Å². The predicted molar refractivity (Wildman–Crippen MR) is 106 cm³/mol. The van der Waals surface area contributed by atoms with Gasteiger partial charge in [0.15, 0.2) is 17.7 Å². The fourth-order valence-electron chi connectivity index (χ4n) is 2.81. The number of nitrogens with zero attached hydrogens (tertiary/aromatic N) is 1. The third-order valence-corrected chi connectivity index (χ3v) is 4.32. The Kier molecular flexibility index (Phi) is 6.18. The van der Waals surface area contributed by atoms with Gasteiger partial charge < -0.3 is 10.1 Å². The molecule has 0 aromatic heterocycles. The molecule has 3 aromatic carbocycles. The second-order valence-electron chi connectivity index (χ2n) is 6.37. The number of rotatable bonds is 5. The van der Waals surface area contributed by atoms with Crippen LogP contribution >= 0.6 is 0 Å². The number of carbonyl (C=O) groups excluding carboxylic acids is 2. The molecule has 0 spiro atoms. The molecule has 0 unspecified atom stereocenters. The molecule has 3 rings (SSSR count). The lowest BCUT2D eigenvalue weighted by atomic mass is 9.96. The lowest BCUT2D eigenvalue weighted by molar-refractivity contribution is -0.123. The summed E-state index contributed by atoms with van der Waals surface area (Å²) in [7, 11) is 0. The largest absolute Gasteiger partial charge is 0.449 e. The van der Waals surface area contributed by atoms with Crippen LogP contribution in [0.25, 0.3) is 11.1 Å². The summed E-state index contributed by atoms with van der Waals surface area (Å²) < 4.78 is 31.6. The van der Waals surface area contributed by atoms with Crippen LogP contribution in [0.4, 0.5) is 14.5 Å². The molecule has 30 heavy (non-hydrogen) atoms. The van der Waals surface area contributed by atoms with Gasteiger partial charge in [-0.3, -0.25) is 4.79 Å². The third-order valence-electron chi connectivity index (χ3n) is 4.32. The van der Waals surface area contributed by atoms with Crippen LogP contribution in [0.5, 0.6) is 0 Å². The SMILES string of the molecule is C[C@H](OC(=O)c1ccccc1-c1ccccc1C#N)C(=O)Nc1ccc(F)c(F)c1. The van der Waals surface area contributed by atoms with E-state index in [9.17, 15) is 23.6 Å². The van der Waals surface area contributed by atoms with Gasteiger partial charge in [0, 0.05) is 17.3 Å². The highest BCUT2D eigenvalue weighted by Gasteiger charge is 2.22. The molecular weight excluding hydrogens is 390 g/mol. The summed E-state index contributed by atoms with van der Waals surface area (Å²) in [5, 5.41) is 11.7. The van der Waals surface area contributed by atoms with Crippen molar-refractivity contribution in [3.05, 3.63) is 89.5 Å². The minimum Gasteiger partial charge on any atom is -0.449 e. The van der Waals surface area contributed by atoms with Gasteiger partial charge in [-0.15, -0.1) is 0 Å². The highest BCUT2D eigenvalue weighted by Crippen LogP contribution is 2.27. The van der Waals surface area contributed by atoms with E-state index in [4.69, 9.17) is 4.74 Å². The van der Waals surface area contributed by atoms with Gasteiger partial charge in [-0.25, -0.2) is 13.6 Å². The molecule has 0 heterocycles. The molecule has 1 N–H and O–H groups in total. The van der Waals surface area contributed by atoms with Gasteiger partial charge in [0.05, 0.1) is 17.2 Å². The van der Waals surface area contributed by atoms with E-state index in [0.29, 0.717) is 16.7 Å². The van der Waals surface area contributed by atoms with Crippen LogP contribution in [0.2, 0.25) is 0 Å². The molecule has 150 valence electrons. The van der Waals surface area contributed by atoms with Gasteiger partial charge >= 0.3 is 5.97 Å². The number of anilines is 1. The number of amides is 1. The fraction of sp³-hybridized carbons (Fsp3) is 0.0870. The number of nitriles is 1. The maximum absolute atomic E-state index is 13.3. The minimum absolute atomic E-state index is 0.0325. The Morgan fingerprint density at radius 3 is 2.33 bits per heavy atom. The Hall–Kier alpha value is -4.05. The predicted octanol–water partition coefficient (Wildman–Crippen LogP) is 4.69. The lowest BCUT2D eigenvalue weighted by Gasteiger charge is -2.15. The van der Waals surface area contributed by atoms with Gasteiger partial charge in [-0.05, 0) is 36.8 Å². The number of carbonyl (C=O) groups is 2. The monoisotopic (exact) mass is 406 g/mol. The zero-order valence-electron chi connectivity index (χ0n) is 15.9. The molecule has 1 amide bonds. The maximum Gasteiger partial charge on any atom is 0.339 e. The molecule has 0 saturated carbocycles. The summed E-state index contributed by atoms with van der Waals surface area (Å²) in [6, 6.07) is 18.4. The number of hydrogen-bond acceptors (Lipinski definition) is 4. The van der Waals surface area contributed by atoms with Crippen LogP contribution < -0.4 is 5.32 Å². The summed E-state index contributed by atoms with van der Waals surface area (Å²) in [6.07, 6.45) is -1.20. The van der Waals surface area contributed by atoms with Crippen LogP contribution in [0.3, 0.4) is 0 Å². The Balaban J connectivity index is 1.78. The van der Waals surface area contributed by atoms with Crippen LogP contribution in [0.15, 0.2) is 66.7 Å². The molecule has 1 atom stereocenters. The van der Waals surface area contributed by atoms with E-state index in [1.165, 1.54) is 19.1 Å². The molecule has 7 heteroatoms. The standard InChI is InChI=1S/C23H16F2N2O3/c1-14(22(28)27-16-10-11-20(24)21(25)12-16)30-23(29)19-9-5-4-8-18(19)17-7-3-2-6-15(17)13-26/h2-12,14H,1H3,(H,27,28)/t14-/m0/s1. The maximum atomic E-state index is 13.3. The van der Waals surface area contributed by atoms with Crippen molar-refractivity contribution in [3.63, 3.8) is 0 Å². The Labute approximate surface area is 171 Å². The van der Waals surface area contributed by atoms with E-state index in [2.05, 4.69) is 11.4 Å². The van der Waals surface area contributed by atoms with Gasteiger partial charge in [-0.1, -0.05) is 36.4 Å². The third kappa shape index (κ3) is 4.50. The van der Waals surface area contributed by atoms with E-state index < -0.39 is 29.6 Å². The number of benzene rings is 3. The number of esters is 1. The van der Waals surface area contributed by atoms with Crippen molar-refractivity contribution in [1.82, 2.24) is 0 Å². The van der Waals surface area contributed by atoms with Gasteiger partial charge in [0.25, 0.3) is 5.91 Å². The van der Waals surface area contributed by atoms with Gasteiger partial charge in [-0.2, -0.15) is 5.26 Å². The molecule has 0 aliphatic heterocycles. The molecule has 0 radical (unpaired) electrons. The number of hydrogen-bond donors (Lipinski definition) is 1. The van der Waals surface area contributed by atoms with E-state index in [1.807, 2.05) is 0 Å². The number of nitrogens with one attached hydrogen (secondary N) is 1. The molecule has 0 fully saturated rings. The lowest BCUT2D eigenvalue weighted by Crippen LogP contribution is -2.30. The first-order valence-electron chi connectivity index (χ1n) is 8.96. The van der Waals surface area contributed by atoms with Crippen molar-refractivity contribution >= 4 is 17.6 Å². The smallest absolute Gasteiger partial charge is 0.339 e. The summed E-state index contributed by atoms with van der Waals surface area (Å²) in [5.41, 5.74) is 1.67. The summed E-state index contributed by atoms with van der Waals surface area (Å²) in [4.78, 5) is 25.0. The zero-order valence-corrected chi connectivity index (χ0v) is 15.9. The molecule has 0 aliphatic rings. The van der Waals surface area contributed by atoms with Crippen LogP contribution in [0, 0.1) is 23.0 Å². The second kappa shape index (κ2) is 8.97. The number of ether oxygens (including phenoxy) is 1. The van der Waals surface area contributed by atoms with E-state index in [-0.39, 0.29) is 11.3 Å². The van der Waals surface area contributed by atoms with Crippen molar-refractivity contribution < 1.29 is 23.1 Å². The fourth-order valence-corrected chi connectivity index (χ4v) is 2.81. The normalized spacial score (nSPS) is 11.3. The van der Waals surface area contributed by atoms with Gasteiger partial charge in [0.2, 0.25) is 0 Å². The number of halogens is 2. The second-order valence-corrected chi connectivity index (χ2v) is 6.37. The highest BCUT2D eigenvalue weighted by atomic mass is 19.2. The van der Waals surface area contributed by atoms with Crippen molar-refractivity contribution in [1.29, 1.82) is 5.26 Å². The van der Waals surface area contributed by atoms with Crippen molar-refractivity contribution in [2.24, 2.45) is 0 Å². The van der Waals surface area contributed by atoms with Crippen molar-refractivity contribution in [3.8, 4) is 17.2 Å². The van der Waals surface area contributed by atoms with E-state index in [0.717, 1.165) is 12.1 Å². The first-order valence-corrected chi connectivity index (χ1v) is 8.96. The summed E-state index contributed by atoms with van der Waals surface area (Å²) in [6.45, 7) is 1.36. The molecule has 3 aromatic rings. The molecule has 5 nitrogen and oxygen atoms in total. The average molecular weight is 406 g/mol. The van der Waals surface area contributed by atoms with E-state index in [1.54, 1.807) is 42.5 Å². The highest BCUT2D eigenvalue weighted by molar-refractivity contribution is 6.01. The molecule has 0 saturated heterocycles. The Bertz CT molecular complexity index is 1160. The van der Waals surface area contributed by atoms with Crippen molar-refractivity contribution in [2.75, 3.05) is 5.32 Å². The summed E-state index contributed by atoms with van der Waals surface area (Å²) in [5.74, 6) is -3.61. The Morgan fingerprint density at radius 1 is 0.967 bits per heavy atom. The van der Waals surface area contributed by atoms with E-state index >= 15 is 0 Å². The Morgan fingerprint density at radius 2 is 1.63 bits per heavy atom. The quantitative estimate of drug-likeness (QED) is 0.624. The minimum atomic E-state index is -1.20. The topological polar surface area (TPSA) is 79.2 Å². The first kappa shape index (κ1) is 20.7. The van der Waals surface area contributed by atoms with Crippen LogP contribution in [-0.2, 0) is 9.53 Å². The molecule has 0 bridgehead atoms. The summed E-state index contributed by atoms with van der Waals surface area (Å²) >= 11 is 0. The van der Waals surface area contributed by atoms with Gasteiger partial charge in [0.1, 0.15) is 0 Å². The van der Waals surface area contributed by atoms with Crippen LogP contribution in [-0.4, -0.2) is 18.0 Å².